The lowest BCUT2D eigenvalue weighted by molar-refractivity contribution is 0.194. The van der Waals surface area contributed by atoms with Crippen molar-refractivity contribution >= 4 is 0 Å². The summed E-state index contributed by atoms with van der Waals surface area (Å²) in [5.41, 5.74) is 3.05. The maximum Gasteiger partial charge on any atom is 0.147 e. The monoisotopic (exact) mass is 269 g/mol. The molecule has 3 rings (SSSR count). The summed E-state index contributed by atoms with van der Waals surface area (Å²) in [6, 6.07) is 6.22. The highest BCUT2D eigenvalue weighted by Gasteiger charge is 2.23. The fraction of sp³-hybridized carbons (Fsp3) is 0.400. The van der Waals surface area contributed by atoms with E-state index in [0.717, 1.165) is 42.4 Å². The Hall–Kier alpha value is -1.85. The van der Waals surface area contributed by atoms with Gasteiger partial charge in [0.25, 0.3) is 0 Å². The lowest BCUT2D eigenvalue weighted by atomic mass is 10.1. The van der Waals surface area contributed by atoms with E-state index in [1.54, 1.807) is 12.4 Å². The molecule has 1 aliphatic rings. The molecule has 1 fully saturated rings. The molecule has 0 aliphatic carbocycles. The second-order valence-electron chi connectivity index (χ2n) is 5.19. The molecule has 1 N–H and O–H groups in total. The number of piperazine rings is 1. The van der Waals surface area contributed by atoms with Gasteiger partial charge in [0.15, 0.2) is 0 Å². The summed E-state index contributed by atoms with van der Waals surface area (Å²) in [5.74, 6) is 0.895. The van der Waals surface area contributed by atoms with E-state index in [4.69, 9.17) is 4.98 Å². The van der Waals surface area contributed by atoms with Crippen LogP contribution in [0.3, 0.4) is 0 Å². The number of likely N-dealkylation sites (N-methyl/N-ethyl adjacent to an activating group) is 1. The van der Waals surface area contributed by atoms with Crippen LogP contribution in [0.4, 0.5) is 0 Å². The highest BCUT2D eigenvalue weighted by Crippen LogP contribution is 2.22. The molecular formula is C15H19N5. The summed E-state index contributed by atoms with van der Waals surface area (Å²) in [6.07, 6.45) is 3.58. The number of hydrogen-bond donors (Lipinski definition) is 1. The van der Waals surface area contributed by atoms with E-state index >= 15 is 0 Å². The van der Waals surface area contributed by atoms with Crippen molar-refractivity contribution in [3.05, 3.63) is 42.1 Å². The molecule has 1 atom stereocenters. The smallest absolute Gasteiger partial charge is 0.147 e. The van der Waals surface area contributed by atoms with Gasteiger partial charge in [-0.25, -0.2) is 9.97 Å². The molecule has 3 heterocycles. The van der Waals surface area contributed by atoms with Crippen LogP contribution in [-0.4, -0.2) is 46.5 Å². The zero-order valence-electron chi connectivity index (χ0n) is 11.9. The number of aryl methyl sites for hydroxylation is 1. The van der Waals surface area contributed by atoms with E-state index in [1.807, 2.05) is 25.1 Å². The number of nitrogens with zero attached hydrogens (tertiary/aromatic N) is 4. The molecule has 2 aromatic rings. The summed E-state index contributed by atoms with van der Waals surface area (Å²) in [4.78, 5) is 15.7. The highest BCUT2D eigenvalue weighted by molar-refractivity contribution is 5.58. The summed E-state index contributed by atoms with van der Waals surface area (Å²) in [7, 11) is 2.13. The Balaban J connectivity index is 1.98. The van der Waals surface area contributed by atoms with E-state index in [-0.39, 0.29) is 6.04 Å². The second kappa shape index (κ2) is 5.64. The molecule has 0 bridgehead atoms. The van der Waals surface area contributed by atoms with Gasteiger partial charge in [-0.15, -0.1) is 0 Å². The molecule has 104 valence electrons. The molecule has 1 saturated heterocycles. The van der Waals surface area contributed by atoms with Crippen LogP contribution in [0.25, 0.3) is 11.3 Å². The van der Waals surface area contributed by atoms with Crippen molar-refractivity contribution in [2.24, 2.45) is 0 Å². The molecule has 0 radical (unpaired) electrons. The third-order valence-electron chi connectivity index (χ3n) is 3.66. The Bertz CT molecular complexity index is 584. The minimum Gasteiger partial charge on any atom is -0.313 e. The van der Waals surface area contributed by atoms with Crippen LogP contribution in [0, 0.1) is 6.92 Å². The van der Waals surface area contributed by atoms with E-state index in [0.29, 0.717) is 0 Å². The highest BCUT2D eigenvalue weighted by atomic mass is 15.2. The number of hydrogen-bond acceptors (Lipinski definition) is 5. The van der Waals surface area contributed by atoms with Gasteiger partial charge in [0.2, 0.25) is 0 Å². The summed E-state index contributed by atoms with van der Waals surface area (Å²) >= 11 is 0. The minimum absolute atomic E-state index is 0.240. The maximum atomic E-state index is 4.76. The average Bonchev–Trinajstić information content (AvgIpc) is 2.48. The van der Waals surface area contributed by atoms with Gasteiger partial charge in [-0.05, 0) is 32.2 Å². The Morgan fingerprint density at radius 2 is 2.05 bits per heavy atom. The van der Waals surface area contributed by atoms with Gasteiger partial charge in [-0.3, -0.25) is 9.88 Å². The van der Waals surface area contributed by atoms with Gasteiger partial charge in [0, 0.05) is 43.3 Å². The van der Waals surface area contributed by atoms with Crippen LogP contribution in [0.1, 0.15) is 17.6 Å². The summed E-state index contributed by atoms with van der Waals surface area (Å²) in [5, 5.41) is 3.41. The van der Waals surface area contributed by atoms with Crippen LogP contribution in [0.2, 0.25) is 0 Å². The fourth-order valence-electron chi connectivity index (χ4n) is 2.51. The van der Waals surface area contributed by atoms with Gasteiger partial charge in [-0.2, -0.15) is 0 Å². The summed E-state index contributed by atoms with van der Waals surface area (Å²) < 4.78 is 0. The van der Waals surface area contributed by atoms with E-state index < -0.39 is 0 Å². The fourth-order valence-corrected chi connectivity index (χ4v) is 2.51. The topological polar surface area (TPSA) is 53.9 Å². The minimum atomic E-state index is 0.240. The average molecular weight is 269 g/mol. The molecule has 1 unspecified atom stereocenters. The molecule has 0 aromatic carbocycles. The molecule has 20 heavy (non-hydrogen) atoms. The molecule has 2 aromatic heterocycles. The standard InChI is InChI=1S/C15H19N5/c1-11-9-13(12-3-5-16-6-4-12)19-15(18-11)14-10-17-7-8-20(14)2/h3-6,9,14,17H,7-8,10H2,1-2H3. The van der Waals surface area contributed by atoms with Crippen LogP contribution >= 0.6 is 0 Å². The zero-order valence-corrected chi connectivity index (χ0v) is 11.9. The zero-order chi connectivity index (χ0) is 13.9. The van der Waals surface area contributed by atoms with Crippen molar-refractivity contribution in [2.75, 3.05) is 26.7 Å². The SMILES string of the molecule is Cc1cc(-c2ccncc2)nc(C2CNCCN2C)n1. The number of pyridine rings is 1. The van der Waals surface area contributed by atoms with Crippen molar-refractivity contribution in [1.29, 1.82) is 0 Å². The van der Waals surface area contributed by atoms with E-state index in [1.165, 1.54) is 0 Å². The first-order chi connectivity index (χ1) is 9.74. The van der Waals surface area contributed by atoms with E-state index in [2.05, 4.69) is 27.2 Å². The van der Waals surface area contributed by atoms with Crippen molar-refractivity contribution in [3.8, 4) is 11.3 Å². The molecule has 1 aliphatic heterocycles. The molecule has 0 amide bonds. The Morgan fingerprint density at radius 1 is 1.25 bits per heavy atom. The second-order valence-corrected chi connectivity index (χ2v) is 5.19. The number of nitrogens with one attached hydrogen (secondary N) is 1. The van der Waals surface area contributed by atoms with E-state index in [9.17, 15) is 0 Å². The van der Waals surface area contributed by atoms with Crippen molar-refractivity contribution in [1.82, 2.24) is 25.2 Å². The van der Waals surface area contributed by atoms with Crippen LogP contribution in [-0.2, 0) is 0 Å². The predicted octanol–water partition coefficient (Wildman–Crippen LogP) is 1.42. The largest absolute Gasteiger partial charge is 0.313 e. The first kappa shape index (κ1) is 13.1. The van der Waals surface area contributed by atoms with Gasteiger partial charge < -0.3 is 5.32 Å². The van der Waals surface area contributed by atoms with Crippen LogP contribution < -0.4 is 5.32 Å². The van der Waals surface area contributed by atoms with Crippen LogP contribution in [0.15, 0.2) is 30.6 Å². The lowest BCUT2D eigenvalue weighted by Crippen LogP contribution is -2.44. The Morgan fingerprint density at radius 3 is 2.80 bits per heavy atom. The molecule has 5 heteroatoms. The Kier molecular flexibility index (Phi) is 3.71. The maximum absolute atomic E-state index is 4.76. The van der Waals surface area contributed by atoms with Gasteiger partial charge in [-0.1, -0.05) is 0 Å². The first-order valence-corrected chi connectivity index (χ1v) is 6.91. The summed E-state index contributed by atoms with van der Waals surface area (Å²) in [6.45, 7) is 4.96. The quantitative estimate of drug-likeness (QED) is 0.893. The third kappa shape index (κ3) is 2.69. The van der Waals surface area contributed by atoms with Gasteiger partial charge in [0.1, 0.15) is 5.82 Å². The number of rotatable bonds is 2. The first-order valence-electron chi connectivity index (χ1n) is 6.91. The molecule has 0 spiro atoms. The van der Waals surface area contributed by atoms with Crippen molar-refractivity contribution in [2.45, 2.75) is 13.0 Å². The predicted molar refractivity (Wildman–Crippen MR) is 78.2 cm³/mol. The number of aromatic nitrogens is 3. The molecule has 0 saturated carbocycles. The van der Waals surface area contributed by atoms with Crippen molar-refractivity contribution < 1.29 is 0 Å². The van der Waals surface area contributed by atoms with Crippen LogP contribution in [0.5, 0.6) is 0 Å². The van der Waals surface area contributed by atoms with Crippen molar-refractivity contribution in [3.63, 3.8) is 0 Å². The molecular weight excluding hydrogens is 250 g/mol. The third-order valence-corrected chi connectivity index (χ3v) is 3.66. The van der Waals surface area contributed by atoms with Gasteiger partial charge >= 0.3 is 0 Å². The molecule has 5 nitrogen and oxygen atoms in total. The Labute approximate surface area is 119 Å². The van der Waals surface area contributed by atoms with Gasteiger partial charge in [0.05, 0.1) is 11.7 Å². The normalized spacial score (nSPS) is 20.0. The lowest BCUT2D eigenvalue weighted by Gasteiger charge is -2.32.